The van der Waals surface area contributed by atoms with Crippen LogP contribution in [-0.2, 0) is 4.74 Å². The van der Waals surface area contributed by atoms with Crippen LogP contribution in [0.1, 0.15) is 17.3 Å². The Balaban J connectivity index is 2.58. The first-order valence-corrected chi connectivity index (χ1v) is 6.13. The number of rotatable bonds is 5. The lowest BCUT2D eigenvalue weighted by molar-refractivity contribution is -0.394. The van der Waals surface area contributed by atoms with Crippen LogP contribution < -0.4 is 0 Å². The minimum absolute atomic E-state index is 0.0229. The quantitative estimate of drug-likeness (QED) is 0.472. The molecule has 2 rings (SSSR count). The molecular formula is C13H10N2O7. The van der Waals surface area contributed by atoms with Crippen molar-refractivity contribution in [2.75, 3.05) is 6.61 Å². The summed E-state index contributed by atoms with van der Waals surface area (Å²) in [7, 11) is 0. The molecule has 0 aliphatic carbocycles. The van der Waals surface area contributed by atoms with E-state index in [2.05, 4.69) is 0 Å². The van der Waals surface area contributed by atoms with Gasteiger partial charge in [-0.2, -0.15) is 0 Å². The zero-order valence-corrected chi connectivity index (χ0v) is 11.3. The van der Waals surface area contributed by atoms with E-state index in [1.165, 1.54) is 12.3 Å². The molecule has 2 aromatic rings. The molecule has 0 aliphatic rings. The first-order chi connectivity index (χ1) is 10.4. The number of nitrogens with zero attached hydrogens (tertiary/aromatic N) is 2. The van der Waals surface area contributed by atoms with Crippen LogP contribution in [-0.4, -0.2) is 22.4 Å². The van der Waals surface area contributed by atoms with Gasteiger partial charge < -0.3 is 9.15 Å². The van der Waals surface area contributed by atoms with Gasteiger partial charge in [0.15, 0.2) is 0 Å². The van der Waals surface area contributed by atoms with Gasteiger partial charge in [0.2, 0.25) is 0 Å². The van der Waals surface area contributed by atoms with Crippen molar-refractivity contribution in [1.82, 2.24) is 0 Å². The molecule has 1 aromatic heterocycles. The van der Waals surface area contributed by atoms with Crippen LogP contribution in [0.2, 0.25) is 0 Å². The molecule has 0 radical (unpaired) electrons. The van der Waals surface area contributed by atoms with E-state index in [0.717, 1.165) is 18.2 Å². The number of furan rings is 1. The van der Waals surface area contributed by atoms with Crippen LogP contribution in [0.3, 0.4) is 0 Å². The summed E-state index contributed by atoms with van der Waals surface area (Å²) in [5, 5.41) is 21.8. The fraction of sp³-hybridized carbons (Fsp3) is 0.154. The van der Waals surface area contributed by atoms with E-state index in [1.54, 1.807) is 6.92 Å². The van der Waals surface area contributed by atoms with Crippen molar-refractivity contribution in [3.05, 3.63) is 56.3 Å². The Morgan fingerprint density at radius 2 is 1.77 bits per heavy atom. The van der Waals surface area contributed by atoms with Crippen molar-refractivity contribution in [2.45, 2.75) is 6.92 Å². The third-order valence-corrected chi connectivity index (χ3v) is 2.75. The molecule has 22 heavy (non-hydrogen) atoms. The third kappa shape index (κ3) is 2.92. The van der Waals surface area contributed by atoms with Crippen LogP contribution in [0.4, 0.5) is 11.4 Å². The number of carbonyl (C=O) groups is 1. The zero-order valence-electron chi connectivity index (χ0n) is 11.3. The Bertz CT molecular complexity index is 718. The number of non-ortho nitro benzene ring substituents is 2. The number of benzene rings is 1. The van der Waals surface area contributed by atoms with Gasteiger partial charge in [0.1, 0.15) is 11.3 Å². The normalized spacial score (nSPS) is 10.2. The summed E-state index contributed by atoms with van der Waals surface area (Å²) in [6.45, 7) is 1.76. The molecule has 1 heterocycles. The summed E-state index contributed by atoms with van der Waals surface area (Å²) >= 11 is 0. The Morgan fingerprint density at radius 3 is 2.27 bits per heavy atom. The second kappa shape index (κ2) is 6.04. The molecule has 1 aromatic carbocycles. The molecule has 0 saturated heterocycles. The second-order valence-corrected chi connectivity index (χ2v) is 4.14. The highest BCUT2D eigenvalue weighted by atomic mass is 16.6. The number of esters is 1. The summed E-state index contributed by atoms with van der Waals surface area (Å²) in [4.78, 5) is 32.0. The number of hydrogen-bond donors (Lipinski definition) is 0. The van der Waals surface area contributed by atoms with Crippen LogP contribution in [0, 0.1) is 20.2 Å². The lowest BCUT2D eigenvalue weighted by atomic mass is 10.1. The van der Waals surface area contributed by atoms with E-state index in [0.29, 0.717) is 0 Å². The Labute approximate surface area is 123 Å². The Hall–Kier alpha value is -3.23. The maximum atomic E-state index is 11.8. The van der Waals surface area contributed by atoms with Crippen LogP contribution in [0.25, 0.3) is 11.3 Å². The summed E-state index contributed by atoms with van der Waals surface area (Å²) in [6.07, 6.45) is 1.20. The Kier molecular flexibility index (Phi) is 4.16. The lowest BCUT2D eigenvalue weighted by Crippen LogP contribution is -2.04. The van der Waals surface area contributed by atoms with Crippen molar-refractivity contribution in [2.24, 2.45) is 0 Å². The molecule has 0 saturated carbocycles. The molecule has 0 unspecified atom stereocenters. The molecule has 0 N–H and O–H groups in total. The van der Waals surface area contributed by atoms with Crippen LogP contribution in [0.5, 0.6) is 0 Å². The standard InChI is InChI=1S/C13H10N2O7/c1-2-21-13(16)11-3-4-22-12(11)8-5-9(14(17)18)7-10(6-8)15(19)20/h3-7H,2H2,1H3. The van der Waals surface area contributed by atoms with E-state index >= 15 is 0 Å². The van der Waals surface area contributed by atoms with Gasteiger partial charge in [0, 0.05) is 17.7 Å². The minimum atomic E-state index is -0.760. The van der Waals surface area contributed by atoms with Gasteiger partial charge in [-0.05, 0) is 13.0 Å². The number of nitro groups is 2. The zero-order chi connectivity index (χ0) is 16.3. The SMILES string of the molecule is CCOC(=O)c1ccoc1-c1cc([N+](=O)[O-])cc([N+](=O)[O-])c1. The first-order valence-electron chi connectivity index (χ1n) is 6.13. The highest BCUT2D eigenvalue weighted by molar-refractivity contribution is 5.96. The fourth-order valence-corrected chi connectivity index (χ4v) is 1.84. The van der Waals surface area contributed by atoms with Crippen molar-refractivity contribution in [3.8, 4) is 11.3 Å². The molecule has 0 spiro atoms. The monoisotopic (exact) mass is 306 g/mol. The molecule has 0 aliphatic heterocycles. The van der Waals surface area contributed by atoms with Crippen LogP contribution in [0.15, 0.2) is 34.9 Å². The van der Waals surface area contributed by atoms with Gasteiger partial charge in [-0.25, -0.2) is 4.79 Å². The summed E-state index contributed by atoms with van der Waals surface area (Å²) < 4.78 is 9.98. The number of carbonyl (C=O) groups excluding carboxylic acids is 1. The van der Waals surface area contributed by atoms with E-state index in [4.69, 9.17) is 9.15 Å². The third-order valence-electron chi connectivity index (χ3n) is 2.75. The summed E-state index contributed by atoms with van der Waals surface area (Å²) in [5.74, 6) is -0.703. The van der Waals surface area contributed by atoms with Crippen molar-refractivity contribution in [1.29, 1.82) is 0 Å². The highest BCUT2D eigenvalue weighted by Crippen LogP contribution is 2.32. The summed E-state index contributed by atoms with van der Waals surface area (Å²) in [6, 6.07) is 4.34. The van der Waals surface area contributed by atoms with Gasteiger partial charge in [0.05, 0.1) is 28.8 Å². The molecule has 0 atom stereocenters. The van der Waals surface area contributed by atoms with E-state index in [1.807, 2.05) is 0 Å². The summed E-state index contributed by atoms with van der Waals surface area (Å²) in [5.41, 5.74) is -0.864. The Morgan fingerprint density at radius 1 is 1.18 bits per heavy atom. The van der Waals surface area contributed by atoms with E-state index < -0.39 is 27.2 Å². The van der Waals surface area contributed by atoms with Gasteiger partial charge in [0.25, 0.3) is 11.4 Å². The number of nitro benzene ring substituents is 2. The van der Waals surface area contributed by atoms with Gasteiger partial charge >= 0.3 is 5.97 Å². The smallest absolute Gasteiger partial charge is 0.342 e. The average molecular weight is 306 g/mol. The van der Waals surface area contributed by atoms with E-state index in [-0.39, 0.29) is 23.5 Å². The largest absolute Gasteiger partial charge is 0.463 e. The molecule has 0 bridgehead atoms. The topological polar surface area (TPSA) is 126 Å². The van der Waals surface area contributed by atoms with Crippen molar-refractivity contribution < 1.29 is 23.8 Å². The number of hydrogen-bond acceptors (Lipinski definition) is 7. The van der Waals surface area contributed by atoms with Gasteiger partial charge in [-0.15, -0.1) is 0 Å². The second-order valence-electron chi connectivity index (χ2n) is 4.14. The van der Waals surface area contributed by atoms with E-state index in [9.17, 15) is 25.0 Å². The predicted octanol–water partition coefficient (Wildman–Crippen LogP) is 2.94. The molecule has 0 amide bonds. The molecule has 9 heteroatoms. The number of ether oxygens (including phenoxy) is 1. The van der Waals surface area contributed by atoms with Gasteiger partial charge in [-0.1, -0.05) is 0 Å². The predicted molar refractivity (Wildman–Crippen MR) is 73.4 cm³/mol. The van der Waals surface area contributed by atoms with Gasteiger partial charge in [-0.3, -0.25) is 20.2 Å². The maximum Gasteiger partial charge on any atom is 0.342 e. The fourth-order valence-electron chi connectivity index (χ4n) is 1.84. The van der Waals surface area contributed by atoms with Crippen LogP contribution >= 0.6 is 0 Å². The highest BCUT2D eigenvalue weighted by Gasteiger charge is 2.23. The average Bonchev–Trinajstić information content (AvgIpc) is 2.96. The molecule has 9 nitrogen and oxygen atoms in total. The maximum absolute atomic E-state index is 11.8. The molecule has 0 fully saturated rings. The lowest BCUT2D eigenvalue weighted by Gasteiger charge is -2.03. The first kappa shape index (κ1) is 15.2. The van der Waals surface area contributed by atoms with Crippen molar-refractivity contribution >= 4 is 17.3 Å². The van der Waals surface area contributed by atoms with Crippen molar-refractivity contribution in [3.63, 3.8) is 0 Å². The molecule has 114 valence electrons. The minimum Gasteiger partial charge on any atom is -0.463 e. The molecular weight excluding hydrogens is 296 g/mol.